The first-order valence-electron chi connectivity index (χ1n) is 7.75. The SMILES string of the molecule is Cc1noc(C)c1CSc1ccccc1C(=O)Nc1cccc(I)c1. The van der Waals surface area contributed by atoms with Crippen LogP contribution in [0.25, 0.3) is 0 Å². The molecule has 6 heteroatoms. The van der Waals surface area contributed by atoms with Crippen LogP contribution >= 0.6 is 34.4 Å². The van der Waals surface area contributed by atoms with E-state index in [-0.39, 0.29) is 5.91 Å². The number of carbonyl (C=O) groups excluding carboxylic acids is 1. The first kappa shape index (κ1) is 18.0. The van der Waals surface area contributed by atoms with Crippen molar-refractivity contribution in [2.75, 3.05) is 5.32 Å². The van der Waals surface area contributed by atoms with Gasteiger partial charge in [0.05, 0.1) is 11.3 Å². The number of rotatable bonds is 5. The minimum absolute atomic E-state index is 0.108. The third-order valence-corrected chi connectivity index (χ3v) is 5.54. The second kappa shape index (κ2) is 8.05. The van der Waals surface area contributed by atoms with Crippen molar-refractivity contribution in [2.45, 2.75) is 24.5 Å². The number of aryl methyl sites for hydroxylation is 2. The van der Waals surface area contributed by atoms with Crippen molar-refractivity contribution < 1.29 is 9.32 Å². The fraction of sp³-hybridized carbons (Fsp3) is 0.158. The number of hydrogen-bond donors (Lipinski definition) is 1. The predicted octanol–water partition coefficient (Wildman–Crippen LogP) is 5.44. The molecule has 0 aliphatic carbocycles. The fourth-order valence-corrected chi connectivity index (χ4v) is 4.15. The summed E-state index contributed by atoms with van der Waals surface area (Å²) in [5.74, 6) is 1.43. The molecule has 1 N–H and O–H groups in total. The van der Waals surface area contributed by atoms with Crippen LogP contribution in [-0.4, -0.2) is 11.1 Å². The van der Waals surface area contributed by atoms with Gasteiger partial charge in [-0.3, -0.25) is 4.79 Å². The molecule has 0 saturated carbocycles. The first-order chi connectivity index (χ1) is 12.0. The lowest BCUT2D eigenvalue weighted by molar-refractivity contribution is 0.102. The lowest BCUT2D eigenvalue weighted by Crippen LogP contribution is -2.13. The molecular weight excluding hydrogens is 447 g/mol. The molecule has 0 aliphatic rings. The number of halogens is 1. The van der Waals surface area contributed by atoms with Crippen molar-refractivity contribution in [3.8, 4) is 0 Å². The highest BCUT2D eigenvalue weighted by molar-refractivity contribution is 14.1. The molecule has 0 atom stereocenters. The summed E-state index contributed by atoms with van der Waals surface area (Å²) >= 11 is 3.84. The van der Waals surface area contributed by atoms with Crippen LogP contribution in [0.1, 0.15) is 27.4 Å². The van der Waals surface area contributed by atoms with Crippen molar-refractivity contribution in [2.24, 2.45) is 0 Å². The average Bonchev–Trinajstić information content (AvgIpc) is 2.91. The minimum Gasteiger partial charge on any atom is -0.361 e. The maximum absolute atomic E-state index is 12.7. The maximum Gasteiger partial charge on any atom is 0.256 e. The number of hydrogen-bond acceptors (Lipinski definition) is 4. The molecule has 1 amide bonds. The molecule has 1 heterocycles. The van der Waals surface area contributed by atoms with E-state index in [1.807, 2.05) is 62.4 Å². The average molecular weight is 464 g/mol. The monoisotopic (exact) mass is 464 g/mol. The molecule has 0 bridgehead atoms. The van der Waals surface area contributed by atoms with E-state index in [0.717, 1.165) is 31.2 Å². The Hall–Kier alpha value is -1.80. The van der Waals surface area contributed by atoms with Gasteiger partial charge in [0.15, 0.2) is 0 Å². The number of benzene rings is 2. The minimum atomic E-state index is -0.108. The zero-order valence-electron chi connectivity index (χ0n) is 13.9. The molecule has 0 spiro atoms. The van der Waals surface area contributed by atoms with E-state index in [1.54, 1.807) is 11.8 Å². The molecule has 4 nitrogen and oxygen atoms in total. The first-order valence-corrected chi connectivity index (χ1v) is 9.81. The predicted molar refractivity (Wildman–Crippen MR) is 109 cm³/mol. The second-order valence-corrected chi connectivity index (χ2v) is 7.81. The van der Waals surface area contributed by atoms with E-state index in [0.29, 0.717) is 11.3 Å². The van der Waals surface area contributed by atoms with E-state index in [2.05, 4.69) is 33.1 Å². The zero-order valence-corrected chi connectivity index (χ0v) is 16.8. The van der Waals surface area contributed by atoms with Gasteiger partial charge in [-0.25, -0.2) is 0 Å². The molecule has 0 unspecified atom stereocenters. The summed E-state index contributed by atoms with van der Waals surface area (Å²) in [7, 11) is 0. The number of amides is 1. The van der Waals surface area contributed by atoms with Gasteiger partial charge in [0.25, 0.3) is 5.91 Å². The Morgan fingerprint density at radius 1 is 1.20 bits per heavy atom. The molecule has 1 aromatic heterocycles. The molecule has 0 radical (unpaired) electrons. The number of aromatic nitrogens is 1. The van der Waals surface area contributed by atoms with Gasteiger partial charge in [-0.1, -0.05) is 23.4 Å². The highest BCUT2D eigenvalue weighted by atomic mass is 127. The van der Waals surface area contributed by atoms with Gasteiger partial charge in [-0.15, -0.1) is 11.8 Å². The number of nitrogens with zero attached hydrogens (tertiary/aromatic N) is 1. The van der Waals surface area contributed by atoms with Crippen LogP contribution in [0, 0.1) is 17.4 Å². The second-order valence-electron chi connectivity index (χ2n) is 5.55. The molecule has 3 aromatic rings. The van der Waals surface area contributed by atoms with Crippen LogP contribution in [0.4, 0.5) is 5.69 Å². The summed E-state index contributed by atoms with van der Waals surface area (Å²) < 4.78 is 6.29. The normalized spacial score (nSPS) is 10.7. The van der Waals surface area contributed by atoms with Crippen LogP contribution < -0.4 is 5.32 Å². The summed E-state index contributed by atoms with van der Waals surface area (Å²) in [6.45, 7) is 3.84. The van der Waals surface area contributed by atoms with Gasteiger partial charge in [-0.2, -0.15) is 0 Å². The van der Waals surface area contributed by atoms with Gasteiger partial charge in [-0.05, 0) is 66.8 Å². The maximum atomic E-state index is 12.7. The van der Waals surface area contributed by atoms with E-state index < -0.39 is 0 Å². The fourth-order valence-electron chi connectivity index (χ4n) is 2.40. The summed E-state index contributed by atoms with van der Waals surface area (Å²) in [4.78, 5) is 13.6. The van der Waals surface area contributed by atoms with Gasteiger partial charge < -0.3 is 9.84 Å². The highest BCUT2D eigenvalue weighted by Crippen LogP contribution is 2.29. The zero-order chi connectivity index (χ0) is 17.8. The lowest BCUT2D eigenvalue weighted by atomic mass is 10.2. The third kappa shape index (κ3) is 4.43. The van der Waals surface area contributed by atoms with Gasteiger partial charge in [0.2, 0.25) is 0 Å². The molecule has 0 fully saturated rings. The van der Waals surface area contributed by atoms with E-state index in [1.165, 1.54) is 0 Å². The summed E-state index contributed by atoms with van der Waals surface area (Å²) in [5, 5.41) is 6.95. The van der Waals surface area contributed by atoms with Crippen molar-refractivity contribution in [3.63, 3.8) is 0 Å². The Kier molecular flexibility index (Phi) is 5.80. The Morgan fingerprint density at radius 3 is 2.72 bits per heavy atom. The van der Waals surface area contributed by atoms with Crippen molar-refractivity contribution in [1.82, 2.24) is 5.16 Å². The summed E-state index contributed by atoms with van der Waals surface area (Å²) in [6, 6.07) is 15.4. The molecule has 25 heavy (non-hydrogen) atoms. The Morgan fingerprint density at radius 2 is 2.00 bits per heavy atom. The van der Waals surface area contributed by atoms with Gasteiger partial charge >= 0.3 is 0 Å². The molecule has 3 rings (SSSR count). The highest BCUT2D eigenvalue weighted by Gasteiger charge is 2.14. The van der Waals surface area contributed by atoms with Crippen molar-refractivity contribution in [1.29, 1.82) is 0 Å². The third-order valence-electron chi connectivity index (χ3n) is 3.77. The van der Waals surface area contributed by atoms with Crippen LogP contribution in [0.2, 0.25) is 0 Å². The molecule has 0 aliphatic heterocycles. The standard InChI is InChI=1S/C19H17IN2O2S/c1-12-17(13(2)24-22-12)11-25-18-9-4-3-8-16(18)19(23)21-15-7-5-6-14(20)10-15/h3-10H,11H2,1-2H3,(H,21,23). The van der Waals surface area contributed by atoms with Gasteiger partial charge in [0.1, 0.15) is 5.76 Å². The molecule has 0 saturated heterocycles. The summed E-state index contributed by atoms with van der Waals surface area (Å²) in [5.41, 5.74) is 3.43. The van der Waals surface area contributed by atoms with Crippen LogP contribution in [0.15, 0.2) is 57.9 Å². The van der Waals surface area contributed by atoms with E-state index in [4.69, 9.17) is 4.52 Å². The molecular formula is C19H17IN2O2S. The number of anilines is 1. The van der Waals surface area contributed by atoms with Crippen molar-refractivity contribution in [3.05, 3.63) is 74.7 Å². The van der Waals surface area contributed by atoms with Crippen LogP contribution in [0.3, 0.4) is 0 Å². The smallest absolute Gasteiger partial charge is 0.256 e. The lowest BCUT2D eigenvalue weighted by Gasteiger charge is -2.10. The quantitative estimate of drug-likeness (QED) is 0.404. The Labute approximate surface area is 164 Å². The van der Waals surface area contributed by atoms with Crippen LogP contribution in [-0.2, 0) is 5.75 Å². The topological polar surface area (TPSA) is 55.1 Å². The Balaban J connectivity index is 1.77. The van der Waals surface area contributed by atoms with E-state index in [9.17, 15) is 4.79 Å². The number of thioether (sulfide) groups is 1. The molecule has 2 aromatic carbocycles. The number of nitrogens with one attached hydrogen (secondary N) is 1. The van der Waals surface area contributed by atoms with E-state index >= 15 is 0 Å². The van der Waals surface area contributed by atoms with Crippen LogP contribution in [0.5, 0.6) is 0 Å². The molecule has 128 valence electrons. The largest absolute Gasteiger partial charge is 0.361 e. The Bertz CT molecular complexity index is 888. The van der Waals surface area contributed by atoms with Crippen molar-refractivity contribution >= 4 is 45.9 Å². The summed E-state index contributed by atoms with van der Waals surface area (Å²) in [6.07, 6.45) is 0. The van der Waals surface area contributed by atoms with Gasteiger partial charge in [0, 0.05) is 25.5 Å². The number of carbonyl (C=O) groups is 1.